The summed E-state index contributed by atoms with van der Waals surface area (Å²) in [6, 6.07) is 44.6. The first-order chi connectivity index (χ1) is 26.1. The van der Waals surface area contributed by atoms with Gasteiger partial charge in [-0.1, -0.05) is 134 Å². The van der Waals surface area contributed by atoms with Gasteiger partial charge >= 0.3 is 12.1 Å². The minimum absolute atomic E-state index is 0.0753. The Morgan fingerprint density at radius 1 is 0.623 bits per heavy atom. The molecule has 0 radical (unpaired) electrons. The lowest BCUT2D eigenvalue weighted by Gasteiger charge is -2.44. The second kappa shape index (κ2) is 17.7. The van der Waals surface area contributed by atoms with Crippen LogP contribution in [0.25, 0.3) is 11.1 Å². The van der Waals surface area contributed by atoms with Crippen LogP contribution in [0.2, 0.25) is 0 Å². The van der Waals surface area contributed by atoms with E-state index in [9.17, 15) is 9.59 Å². The van der Waals surface area contributed by atoms with E-state index in [0.717, 1.165) is 33.4 Å². The molecule has 0 amide bonds. The summed E-state index contributed by atoms with van der Waals surface area (Å²) in [6.45, 7) is 2.67. The number of fused-ring (bicyclic) bond motifs is 3. The van der Waals surface area contributed by atoms with E-state index in [1.54, 1.807) is 24.3 Å². The number of ether oxygens (including phenoxy) is 6. The molecule has 5 atom stereocenters. The molecule has 0 bridgehead atoms. The zero-order valence-electron chi connectivity index (χ0n) is 29.5. The normalized spacial score (nSPS) is 20.6. The number of hydrogen-bond donors (Lipinski definition) is 0. The highest BCUT2D eigenvalue weighted by atomic mass is 32.2. The number of benzene rings is 5. The maximum absolute atomic E-state index is 13.8. The third-order valence-corrected chi connectivity index (χ3v) is 10.5. The van der Waals surface area contributed by atoms with Crippen LogP contribution in [0.15, 0.2) is 140 Å². The number of rotatable bonds is 14. The second-order valence-electron chi connectivity index (χ2n) is 12.9. The third kappa shape index (κ3) is 8.83. The van der Waals surface area contributed by atoms with Crippen LogP contribution in [-0.4, -0.2) is 60.9 Å². The molecule has 5 aromatic carbocycles. The van der Waals surface area contributed by atoms with E-state index in [2.05, 4.69) is 24.3 Å². The van der Waals surface area contributed by atoms with Gasteiger partial charge in [0.05, 0.1) is 25.4 Å². The van der Waals surface area contributed by atoms with Crippen LogP contribution in [0.1, 0.15) is 45.5 Å². The molecule has 0 unspecified atom stereocenters. The Balaban J connectivity index is 1.16. The monoisotopic (exact) mass is 736 g/mol. The van der Waals surface area contributed by atoms with Gasteiger partial charge in [0.25, 0.3) is 0 Å². The molecule has 1 aliphatic heterocycles. The van der Waals surface area contributed by atoms with Gasteiger partial charge in [-0.15, -0.1) is 11.8 Å². The number of esters is 1. The van der Waals surface area contributed by atoms with Gasteiger partial charge in [-0.25, -0.2) is 9.59 Å². The summed E-state index contributed by atoms with van der Waals surface area (Å²) in [5.41, 5.74) is 6.07. The lowest BCUT2D eigenvalue weighted by Crippen LogP contribution is -2.61. The molecule has 2 aliphatic rings. The van der Waals surface area contributed by atoms with Crippen molar-refractivity contribution in [3.8, 4) is 11.1 Å². The maximum Gasteiger partial charge on any atom is 0.508 e. The fraction of sp³-hybridized carbons (Fsp3) is 0.273. The first-order valence-corrected chi connectivity index (χ1v) is 19.0. The van der Waals surface area contributed by atoms with Crippen molar-refractivity contribution in [1.29, 1.82) is 0 Å². The van der Waals surface area contributed by atoms with Gasteiger partial charge in [-0.05, 0) is 51.3 Å². The molecule has 0 N–H and O–H groups in total. The van der Waals surface area contributed by atoms with Crippen LogP contribution in [0.5, 0.6) is 0 Å². The van der Waals surface area contributed by atoms with E-state index in [-0.39, 0.29) is 25.7 Å². The molecule has 9 heteroatoms. The number of carbonyl (C=O) groups is 2. The Morgan fingerprint density at radius 2 is 1.19 bits per heavy atom. The van der Waals surface area contributed by atoms with Crippen molar-refractivity contribution < 1.29 is 38.0 Å². The molecular weight excluding hydrogens is 694 g/mol. The lowest BCUT2D eigenvalue weighted by molar-refractivity contribution is -0.230. The summed E-state index contributed by atoms with van der Waals surface area (Å²) >= 11 is 1.48. The third-order valence-electron chi connectivity index (χ3n) is 9.42. The number of hydrogen-bond acceptors (Lipinski definition) is 9. The van der Waals surface area contributed by atoms with Crippen LogP contribution in [0.4, 0.5) is 4.79 Å². The summed E-state index contributed by atoms with van der Waals surface area (Å²) < 4.78 is 37.7. The smallest absolute Gasteiger partial charge is 0.452 e. The van der Waals surface area contributed by atoms with Crippen molar-refractivity contribution in [2.75, 3.05) is 19.0 Å². The van der Waals surface area contributed by atoms with Crippen LogP contribution >= 0.6 is 11.8 Å². The van der Waals surface area contributed by atoms with Crippen molar-refractivity contribution in [3.05, 3.63) is 167 Å². The van der Waals surface area contributed by atoms with Gasteiger partial charge in [-0.2, -0.15) is 0 Å². The van der Waals surface area contributed by atoms with E-state index in [4.69, 9.17) is 28.4 Å². The molecule has 8 nitrogen and oxygen atoms in total. The zero-order chi connectivity index (χ0) is 36.4. The largest absolute Gasteiger partial charge is 0.508 e. The second-order valence-corrected chi connectivity index (χ2v) is 14.2. The summed E-state index contributed by atoms with van der Waals surface area (Å²) in [6.07, 6.45) is -4.56. The summed E-state index contributed by atoms with van der Waals surface area (Å²) in [5.74, 6) is -0.0178. The average Bonchev–Trinajstić information content (AvgIpc) is 3.52. The van der Waals surface area contributed by atoms with E-state index >= 15 is 0 Å². The molecule has 7 rings (SSSR count). The van der Waals surface area contributed by atoms with Gasteiger partial charge in [0.15, 0.2) is 12.2 Å². The number of thioether (sulfide) groups is 1. The standard InChI is InChI=1S/C44H42O8S/c1-2-53-43-41(51-42(45)32-20-10-5-11-21-32)40(48-27-31-18-8-4-9-19-31)39(38(50-43)29-47-26-30-16-6-3-7-17-30)52-44(46)49-28-37-35-24-14-12-22-33(35)34-23-13-15-25-36(34)37/h3-25,37-41,43H,2,26-29H2,1H3/t38-,39-,40+,41-,43+/m1/s1/i29+1,38+1,39+1,40+1,41+1,43+1. The average molecular weight is 737 g/mol. The highest BCUT2D eigenvalue weighted by Crippen LogP contribution is 2.44. The Bertz CT molecular complexity index is 1890. The molecule has 0 spiro atoms. The highest BCUT2D eigenvalue weighted by Gasteiger charge is 2.51. The first kappa shape index (κ1) is 36.4. The van der Waals surface area contributed by atoms with Crippen molar-refractivity contribution >= 4 is 23.9 Å². The Labute approximate surface area is 314 Å². The predicted molar refractivity (Wildman–Crippen MR) is 203 cm³/mol. The van der Waals surface area contributed by atoms with Gasteiger partial charge < -0.3 is 28.4 Å². The van der Waals surface area contributed by atoms with E-state index in [0.29, 0.717) is 17.9 Å². The lowest BCUT2D eigenvalue weighted by atomic mass is 9.98. The Kier molecular flexibility index (Phi) is 12.2. The summed E-state index contributed by atoms with van der Waals surface area (Å²) in [7, 11) is 0. The predicted octanol–water partition coefficient (Wildman–Crippen LogP) is 8.83. The van der Waals surface area contributed by atoms with Crippen molar-refractivity contribution in [2.45, 2.75) is 55.9 Å². The molecule has 53 heavy (non-hydrogen) atoms. The molecule has 1 heterocycles. The zero-order valence-corrected chi connectivity index (χ0v) is 30.3. The van der Waals surface area contributed by atoms with E-state index in [1.165, 1.54) is 11.8 Å². The molecule has 0 aromatic heterocycles. The fourth-order valence-corrected chi connectivity index (χ4v) is 7.85. The molecule has 1 fully saturated rings. The van der Waals surface area contributed by atoms with Crippen LogP contribution in [-0.2, 0) is 41.6 Å². The van der Waals surface area contributed by atoms with Crippen molar-refractivity contribution in [3.63, 3.8) is 0 Å². The van der Waals surface area contributed by atoms with Crippen molar-refractivity contribution in [1.82, 2.24) is 0 Å². The van der Waals surface area contributed by atoms with Gasteiger partial charge in [-0.3, -0.25) is 0 Å². The molecular formula is C44H42O8S. The summed E-state index contributed by atoms with van der Waals surface area (Å²) in [5, 5.41) is 0. The van der Waals surface area contributed by atoms with Gasteiger partial charge in [0.1, 0.15) is 24.3 Å². The Morgan fingerprint density at radius 3 is 1.81 bits per heavy atom. The number of carbonyl (C=O) groups excluding carboxylic acids is 2. The highest BCUT2D eigenvalue weighted by molar-refractivity contribution is 7.99. The van der Waals surface area contributed by atoms with Crippen LogP contribution in [0.3, 0.4) is 0 Å². The molecule has 1 aliphatic carbocycles. The minimum Gasteiger partial charge on any atom is -0.452 e. The molecule has 5 aromatic rings. The SMILES string of the molecule is CCS[13C@@H]1O[13C@H]([13CH2]OCc2ccccc2)[13C@@H](OC(=O)OCC2c3ccccc3-c3ccccc32)[13C@H](OCc2ccccc2)[13C@H]1OC(=O)c1ccccc1. The first-order valence-electron chi connectivity index (χ1n) is 17.9. The van der Waals surface area contributed by atoms with E-state index in [1.807, 2.05) is 97.9 Å². The van der Waals surface area contributed by atoms with Gasteiger partial charge in [0, 0.05) is 5.92 Å². The molecule has 1 saturated heterocycles. The van der Waals surface area contributed by atoms with Crippen LogP contribution in [0, 0.1) is 0 Å². The van der Waals surface area contributed by atoms with Crippen molar-refractivity contribution in [2.24, 2.45) is 0 Å². The van der Waals surface area contributed by atoms with Gasteiger partial charge in [0.2, 0.25) is 0 Å². The fourth-order valence-electron chi connectivity index (χ4n) is 6.90. The summed E-state index contributed by atoms with van der Waals surface area (Å²) in [4.78, 5) is 27.4. The molecule has 0 saturated carbocycles. The quantitative estimate of drug-likeness (QED) is 0.0820. The van der Waals surface area contributed by atoms with E-state index < -0.39 is 42.0 Å². The topological polar surface area (TPSA) is 89.5 Å². The maximum atomic E-state index is 13.8. The Hall–Kier alpha value is -4.93. The van der Waals surface area contributed by atoms with Crippen LogP contribution < -0.4 is 0 Å². The minimum atomic E-state index is -1.05. The molecule has 272 valence electrons.